The molecular weight excluding hydrogens is 535 g/mol. The van der Waals surface area contributed by atoms with Crippen LogP contribution in [0.4, 0.5) is 0 Å². The van der Waals surface area contributed by atoms with Crippen molar-refractivity contribution < 1.29 is 19.3 Å². The van der Waals surface area contributed by atoms with Crippen LogP contribution in [0.1, 0.15) is 45.1 Å². The molecule has 8 nitrogen and oxygen atoms in total. The lowest BCUT2D eigenvalue weighted by Gasteiger charge is -2.34. The fourth-order valence-electron chi connectivity index (χ4n) is 4.18. The first-order chi connectivity index (χ1) is 15.5. The predicted molar refractivity (Wildman–Crippen MR) is 142 cm³/mol. The third-order valence-electron chi connectivity index (χ3n) is 5.89. The molecule has 9 heteroatoms. The van der Waals surface area contributed by atoms with Gasteiger partial charge in [0, 0.05) is 32.7 Å². The van der Waals surface area contributed by atoms with E-state index >= 15 is 0 Å². The first-order valence-corrected chi connectivity index (χ1v) is 11.9. The molecule has 0 radical (unpaired) electrons. The van der Waals surface area contributed by atoms with Gasteiger partial charge in [0.2, 0.25) is 0 Å². The minimum Gasteiger partial charge on any atom is -0.493 e. The van der Waals surface area contributed by atoms with Gasteiger partial charge in [-0.2, -0.15) is 0 Å². The summed E-state index contributed by atoms with van der Waals surface area (Å²) in [5.74, 6) is 2.23. The van der Waals surface area contributed by atoms with Crippen LogP contribution in [0.3, 0.4) is 0 Å². The highest BCUT2D eigenvalue weighted by molar-refractivity contribution is 14.0. The monoisotopic (exact) mass is 576 g/mol. The van der Waals surface area contributed by atoms with Gasteiger partial charge in [-0.1, -0.05) is 6.07 Å². The average molecular weight is 577 g/mol. The van der Waals surface area contributed by atoms with E-state index in [1.165, 1.54) is 12.8 Å². The van der Waals surface area contributed by atoms with Gasteiger partial charge >= 0.3 is 0 Å². The molecule has 1 saturated carbocycles. The van der Waals surface area contributed by atoms with Crippen LogP contribution in [0, 0.1) is 0 Å². The number of morpholine rings is 1. The van der Waals surface area contributed by atoms with E-state index in [-0.39, 0.29) is 30.1 Å². The summed E-state index contributed by atoms with van der Waals surface area (Å²) in [6.45, 7) is 9.31. The summed E-state index contributed by atoms with van der Waals surface area (Å²) < 4.78 is 17.1. The first kappa shape index (κ1) is 27.9. The molecule has 1 aliphatic heterocycles. The third-order valence-corrected chi connectivity index (χ3v) is 5.89. The number of hydrogen-bond acceptors (Lipinski definition) is 6. The van der Waals surface area contributed by atoms with E-state index in [1.807, 2.05) is 32.0 Å². The molecule has 1 atom stereocenters. The number of guanidine groups is 1. The SMILES string of the molecule is CCNC(=NCc1ccc(OC)c(OC2CCCC2)c1)NCC(C)(O)CN1CCOCC1.I. The largest absolute Gasteiger partial charge is 0.493 e. The van der Waals surface area contributed by atoms with Gasteiger partial charge in [-0.3, -0.25) is 4.90 Å². The van der Waals surface area contributed by atoms with Crippen molar-refractivity contribution in [1.29, 1.82) is 0 Å². The van der Waals surface area contributed by atoms with Gasteiger partial charge in [0.05, 0.1) is 38.6 Å². The molecule has 188 valence electrons. The van der Waals surface area contributed by atoms with Crippen molar-refractivity contribution in [3.63, 3.8) is 0 Å². The van der Waals surface area contributed by atoms with E-state index in [0.717, 1.165) is 62.8 Å². The highest BCUT2D eigenvalue weighted by Gasteiger charge is 2.25. The molecule has 0 bridgehead atoms. The molecule has 2 aliphatic rings. The lowest BCUT2D eigenvalue weighted by molar-refractivity contribution is -0.0201. The molecule has 1 aromatic rings. The summed E-state index contributed by atoms with van der Waals surface area (Å²) in [5.41, 5.74) is 0.187. The average Bonchev–Trinajstić information content (AvgIpc) is 3.29. The summed E-state index contributed by atoms with van der Waals surface area (Å²) in [4.78, 5) is 6.95. The normalized spacial score (nSPS) is 19.5. The zero-order valence-corrected chi connectivity index (χ0v) is 22.6. The summed E-state index contributed by atoms with van der Waals surface area (Å²) in [7, 11) is 1.67. The molecule has 2 fully saturated rings. The Bertz CT molecular complexity index is 735. The van der Waals surface area contributed by atoms with E-state index in [2.05, 4.69) is 15.5 Å². The fraction of sp³-hybridized carbons (Fsp3) is 0.708. The van der Waals surface area contributed by atoms with Gasteiger partial charge in [0.25, 0.3) is 0 Å². The number of methoxy groups -OCH3 is 1. The molecule has 0 amide bonds. The maximum absolute atomic E-state index is 10.8. The Hall–Kier alpha value is -1.30. The highest BCUT2D eigenvalue weighted by atomic mass is 127. The molecule has 33 heavy (non-hydrogen) atoms. The lowest BCUT2D eigenvalue weighted by atomic mass is 10.1. The van der Waals surface area contributed by atoms with E-state index in [0.29, 0.717) is 25.6 Å². The van der Waals surface area contributed by atoms with Crippen molar-refractivity contribution in [2.75, 3.05) is 53.0 Å². The second-order valence-corrected chi connectivity index (χ2v) is 8.94. The van der Waals surface area contributed by atoms with Crippen molar-refractivity contribution >= 4 is 29.9 Å². The van der Waals surface area contributed by atoms with Crippen LogP contribution >= 0.6 is 24.0 Å². The molecule has 1 heterocycles. The summed E-state index contributed by atoms with van der Waals surface area (Å²) >= 11 is 0. The molecular formula is C24H41IN4O4. The Morgan fingerprint density at radius 2 is 1.94 bits per heavy atom. The minimum atomic E-state index is -0.865. The Balaban J connectivity index is 0.00000385. The molecule has 1 unspecified atom stereocenters. The fourth-order valence-corrected chi connectivity index (χ4v) is 4.18. The van der Waals surface area contributed by atoms with Crippen LogP contribution in [-0.4, -0.2) is 80.7 Å². The summed E-state index contributed by atoms with van der Waals surface area (Å²) in [5, 5.41) is 17.4. The van der Waals surface area contributed by atoms with E-state index in [1.54, 1.807) is 7.11 Å². The zero-order valence-electron chi connectivity index (χ0n) is 20.3. The van der Waals surface area contributed by atoms with Crippen LogP contribution in [0.25, 0.3) is 0 Å². The molecule has 1 aromatic carbocycles. The molecule has 3 N–H and O–H groups in total. The van der Waals surface area contributed by atoms with Gasteiger partial charge in [-0.05, 0) is 57.2 Å². The number of ether oxygens (including phenoxy) is 3. The van der Waals surface area contributed by atoms with E-state index in [9.17, 15) is 5.11 Å². The Kier molecular flexibility index (Phi) is 12.0. The number of nitrogens with zero attached hydrogens (tertiary/aromatic N) is 2. The molecule has 1 aliphatic carbocycles. The van der Waals surface area contributed by atoms with Crippen molar-refractivity contribution in [1.82, 2.24) is 15.5 Å². The summed E-state index contributed by atoms with van der Waals surface area (Å²) in [6.07, 6.45) is 4.93. The third kappa shape index (κ3) is 9.46. The second kappa shape index (κ2) is 14.2. The van der Waals surface area contributed by atoms with Crippen LogP contribution in [0.15, 0.2) is 23.2 Å². The van der Waals surface area contributed by atoms with Crippen LogP contribution in [-0.2, 0) is 11.3 Å². The van der Waals surface area contributed by atoms with Crippen molar-refractivity contribution in [3.05, 3.63) is 23.8 Å². The highest BCUT2D eigenvalue weighted by Crippen LogP contribution is 2.32. The lowest BCUT2D eigenvalue weighted by Crippen LogP contribution is -2.52. The Morgan fingerprint density at radius 3 is 2.61 bits per heavy atom. The van der Waals surface area contributed by atoms with Gasteiger partial charge in [0.15, 0.2) is 17.5 Å². The van der Waals surface area contributed by atoms with Crippen LogP contribution < -0.4 is 20.1 Å². The number of halogens is 1. The maximum Gasteiger partial charge on any atom is 0.191 e. The van der Waals surface area contributed by atoms with Gasteiger partial charge in [-0.15, -0.1) is 24.0 Å². The number of rotatable bonds is 10. The number of aliphatic imine (C=N–C) groups is 1. The number of hydrogen-bond donors (Lipinski definition) is 3. The topological polar surface area (TPSA) is 87.6 Å². The summed E-state index contributed by atoms with van der Waals surface area (Å²) in [6, 6.07) is 5.99. The van der Waals surface area contributed by atoms with E-state index in [4.69, 9.17) is 19.2 Å². The molecule has 1 saturated heterocycles. The van der Waals surface area contributed by atoms with Gasteiger partial charge in [0.1, 0.15) is 0 Å². The maximum atomic E-state index is 10.8. The molecule has 3 rings (SSSR count). The van der Waals surface area contributed by atoms with Gasteiger partial charge < -0.3 is 30.0 Å². The smallest absolute Gasteiger partial charge is 0.191 e. The van der Waals surface area contributed by atoms with E-state index < -0.39 is 5.60 Å². The molecule has 0 aromatic heterocycles. The van der Waals surface area contributed by atoms with Crippen molar-refractivity contribution in [2.24, 2.45) is 4.99 Å². The second-order valence-electron chi connectivity index (χ2n) is 8.94. The van der Waals surface area contributed by atoms with Crippen molar-refractivity contribution in [2.45, 2.75) is 57.8 Å². The van der Waals surface area contributed by atoms with Crippen molar-refractivity contribution in [3.8, 4) is 11.5 Å². The minimum absolute atomic E-state index is 0. The quantitative estimate of drug-likeness (QED) is 0.224. The number of β-amino-alcohol motifs (C(OH)–C–C–N with tert-alkyl or cyclic N) is 1. The van der Waals surface area contributed by atoms with Crippen LogP contribution in [0.2, 0.25) is 0 Å². The van der Waals surface area contributed by atoms with Gasteiger partial charge in [-0.25, -0.2) is 4.99 Å². The number of benzene rings is 1. The number of aliphatic hydroxyl groups is 1. The first-order valence-electron chi connectivity index (χ1n) is 11.9. The Labute approximate surface area is 215 Å². The Morgan fingerprint density at radius 1 is 1.21 bits per heavy atom. The van der Waals surface area contributed by atoms with Crippen LogP contribution in [0.5, 0.6) is 11.5 Å². The standard InChI is InChI=1S/C24H40N4O4.HI/c1-4-25-23(27-17-24(2,29)18-28-11-13-31-14-12-28)26-16-19-9-10-21(30-3)22(15-19)32-20-7-5-6-8-20;/h9-10,15,20,29H,4-8,11-14,16-18H2,1-3H3,(H2,25,26,27);1H. The molecule has 0 spiro atoms. The zero-order chi connectivity index (χ0) is 22.8. The number of nitrogens with one attached hydrogen (secondary N) is 2. The predicted octanol–water partition coefficient (Wildman–Crippen LogP) is 2.77.